The number of aryl methyl sites for hydroxylation is 1. The van der Waals surface area contributed by atoms with Gasteiger partial charge < -0.3 is 5.32 Å². The minimum Gasteiger partial charge on any atom is -0.310 e. The number of hydrogen-bond acceptors (Lipinski definition) is 1. The zero-order valence-electron chi connectivity index (χ0n) is 8.52. The summed E-state index contributed by atoms with van der Waals surface area (Å²) in [7, 11) is 0. The van der Waals surface area contributed by atoms with Crippen molar-refractivity contribution < 1.29 is 4.39 Å². The Hall–Kier alpha value is -0.890. The summed E-state index contributed by atoms with van der Waals surface area (Å²) in [6.45, 7) is 3.08. The van der Waals surface area contributed by atoms with Gasteiger partial charge in [0.05, 0.1) is 0 Å². The molecule has 1 heterocycles. The summed E-state index contributed by atoms with van der Waals surface area (Å²) in [5.41, 5.74) is 2.07. The van der Waals surface area contributed by atoms with Gasteiger partial charge in [0.1, 0.15) is 5.82 Å². The molecule has 0 radical (unpaired) electrons. The van der Waals surface area contributed by atoms with Crippen molar-refractivity contribution in [3.63, 3.8) is 0 Å². The molecule has 76 valence electrons. The van der Waals surface area contributed by atoms with Crippen LogP contribution in [0.5, 0.6) is 0 Å². The van der Waals surface area contributed by atoms with Crippen LogP contribution < -0.4 is 5.32 Å². The summed E-state index contributed by atoms with van der Waals surface area (Å²) in [5.74, 6) is -0.0748. The Kier molecular flexibility index (Phi) is 2.82. The van der Waals surface area contributed by atoms with Gasteiger partial charge in [-0.3, -0.25) is 0 Å². The monoisotopic (exact) mass is 193 g/mol. The summed E-state index contributed by atoms with van der Waals surface area (Å²) in [6, 6.07) is 5.94. The van der Waals surface area contributed by atoms with Gasteiger partial charge in [0.25, 0.3) is 0 Å². The normalized spacial score (nSPS) is 21.4. The lowest BCUT2D eigenvalue weighted by atomic mass is 10.0. The number of hydrogen-bond donors (Lipinski definition) is 1. The molecule has 0 amide bonds. The van der Waals surface area contributed by atoms with E-state index in [1.807, 2.05) is 19.1 Å². The van der Waals surface area contributed by atoms with Gasteiger partial charge in [-0.05, 0) is 43.0 Å². The van der Waals surface area contributed by atoms with Crippen LogP contribution in [-0.2, 0) is 6.42 Å². The van der Waals surface area contributed by atoms with E-state index in [0.717, 1.165) is 18.5 Å². The third-order valence-electron chi connectivity index (χ3n) is 2.91. The van der Waals surface area contributed by atoms with E-state index in [1.54, 1.807) is 6.07 Å². The van der Waals surface area contributed by atoms with Gasteiger partial charge in [-0.25, -0.2) is 4.39 Å². The molecule has 0 aromatic heterocycles. The van der Waals surface area contributed by atoms with Crippen molar-refractivity contribution in [1.82, 2.24) is 5.32 Å². The fraction of sp³-hybridized carbons (Fsp3) is 0.500. The van der Waals surface area contributed by atoms with E-state index in [1.165, 1.54) is 18.4 Å². The van der Waals surface area contributed by atoms with Gasteiger partial charge in [-0.2, -0.15) is 0 Å². The molecule has 0 saturated carbocycles. The van der Waals surface area contributed by atoms with E-state index in [4.69, 9.17) is 0 Å². The molecule has 2 rings (SSSR count). The van der Waals surface area contributed by atoms with Crippen LogP contribution in [0.2, 0.25) is 0 Å². The van der Waals surface area contributed by atoms with Gasteiger partial charge in [-0.1, -0.05) is 19.1 Å². The van der Waals surface area contributed by atoms with Crippen molar-refractivity contribution in [3.05, 3.63) is 35.1 Å². The van der Waals surface area contributed by atoms with E-state index in [9.17, 15) is 4.39 Å². The second kappa shape index (κ2) is 4.09. The molecule has 1 aliphatic rings. The van der Waals surface area contributed by atoms with Crippen molar-refractivity contribution in [2.45, 2.75) is 32.2 Å². The summed E-state index contributed by atoms with van der Waals surface area (Å²) >= 11 is 0. The van der Waals surface area contributed by atoms with Crippen LogP contribution in [0.3, 0.4) is 0 Å². The van der Waals surface area contributed by atoms with E-state index < -0.39 is 0 Å². The van der Waals surface area contributed by atoms with Crippen molar-refractivity contribution in [1.29, 1.82) is 0 Å². The highest BCUT2D eigenvalue weighted by Gasteiger charge is 2.16. The van der Waals surface area contributed by atoms with Crippen LogP contribution >= 0.6 is 0 Å². The summed E-state index contributed by atoms with van der Waals surface area (Å²) < 4.78 is 13.2. The molecule has 1 aromatic carbocycles. The van der Waals surface area contributed by atoms with Gasteiger partial charge >= 0.3 is 0 Å². The minimum atomic E-state index is -0.0748. The molecule has 1 aromatic rings. The lowest BCUT2D eigenvalue weighted by Crippen LogP contribution is -2.13. The average molecular weight is 193 g/mol. The summed E-state index contributed by atoms with van der Waals surface area (Å²) in [4.78, 5) is 0. The molecule has 0 spiro atoms. The predicted octanol–water partition coefficient (Wildman–Crippen LogP) is 2.81. The molecule has 2 heteroatoms. The topological polar surface area (TPSA) is 12.0 Å². The van der Waals surface area contributed by atoms with Crippen LogP contribution in [-0.4, -0.2) is 6.54 Å². The largest absolute Gasteiger partial charge is 0.310 e. The van der Waals surface area contributed by atoms with Gasteiger partial charge in [0, 0.05) is 6.04 Å². The number of nitrogens with one attached hydrogen (secondary N) is 1. The number of halogens is 1. The van der Waals surface area contributed by atoms with Gasteiger partial charge in [0.15, 0.2) is 0 Å². The highest BCUT2D eigenvalue weighted by atomic mass is 19.1. The Morgan fingerprint density at radius 2 is 2.36 bits per heavy atom. The zero-order valence-corrected chi connectivity index (χ0v) is 8.52. The molecule has 1 fully saturated rings. The highest BCUT2D eigenvalue weighted by molar-refractivity contribution is 5.28. The number of rotatable bonds is 2. The third kappa shape index (κ3) is 1.80. The lowest BCUT2D eigenvalue weighted by molar-refractivity contribution is 0.603. The second-order valence-electron chi connectivity index (χ2n) is 3.85. The molecule has 1 unspecified atom stereocenters. The molecular formula is C12H16FN. The maximum Gasteiger partial charge on any atom is 0.126 e. The Balaban J connectivity index is 2.25. The molecule has 1 saturated heterocycles. The number of benzene rings is 1. The molecule has 1 aliphatic heterocycles. The molecule has 1 nitrogen and oxygen atoms in total. The maximum atomic E-state index is 13.2. The molecule has 14 heavy (non-hydrogen) atoms. The molecule has 1 atom stereocenters. The molecular weight excluding hydrogens is 177 g/mol. The first-order valence-corrected chi connectivity index (χ1v) is 5.33. The summed E-state index contributed by atoms with van der Waals surface area (Å²) in [5, 5.41) is 3.42. The Morgan fingerprint density at radius 3 is 3.00 bits per heavy atom. The van der Waals surface area contributed by atoms with Crippen LogP contribution in [0.15, 0.2) is 18.2 Å². The molecule has 0 bridgehead atoms. The van der Waals surface area contributed by atoms with E-state index in [2.05, 4.69) is 5.32 Å². The van der Waals surface area contributed by atoms with Crippen molar-refractivity contribution in [3.8, 4) is 0 Å². The third-order valence-corrected chi connectivity index (χ3v) is 2.91. The van der Waals surface area contributed by atoms with Crippen LogP contribution in [0.4, 0.5) is 4.39 Å². The van der Waals surface area contributed by atoms with E-state index >= 15 is 0 Å². The first kappa shape index (κ1) is 9.66. The minimum absolute atomic E-state index is 0.0748. The summed E-state index contributed by atoms with van der Waals surface area (Å²) in [6.07, 6.45) is 3.17. The fourth-order valence-electron chi connectivity index (χ4n) is 2.05. The van der Waals surface area contributed by atoms with E-state index in [0.29, 0.717) is 6.04 Å². The lowest BCUT2D eigenvalue weighted by Gasteiger charge is -2.12. The molecule has 0 aliphatic carbocycles. The fourth-order valence-corrected chi connectivity index (χ4v) is 2.05. The standard InChI is InChI=1S/C12H16FN/c1-2-9-8-10(5-6-11(9)13)12-4-3-7-14-12/h5-6,8,12,14H,2-4,7H2,1H3. The van der Waals surface area contributed by atoms with E-state index in [-0.39, 0.29) is 5.82 Å². The Labute approximate surface area is 84.3 Å². The van der Waals surface area contributed by atoms with Crippen LogP contribution in [0.1, 0.15) is 36.9 Å². The van der Waals surface area contributed by atoms with Crippen molar-refractivity contribution in [2.75, 3.05) is 6.54 Å². The SMILES string of the molecule is CCc1cc(C2CCCN2)ccc1F. The average Bonchev–Trinajstić information content (AvgIpc) is 2.71. The predicted molar refractivity (Wildman–Crippen MR) is 55.8 cm³/mol. The van der Waals surface area contributed by atoms with Crippen LogP contribution in [0, 0.1) is 5.82 Å². The first-order chi connectivity index (χ1) is 6.81. The van der Waals surface area contributed by atoms with Crippen molar-refractivity contribution >= 4 is 0 Å². The van der Waals surface area contributed by atoms with Gasteiger partial charge in [-0.15, -0.1) is 0 Å². The Bertz CT molecular complexity index is 316. The molecule has 1 N–H and O–H groups in total. The van der Waals surface area contributed by atoms with Crippen LogP contribution in [0.25, 0.3) is 0 Å². The quantitative estimate of drug-likeness (QED) is 0.761. The highest BCUT2D eigenvalue weighted by Crippen LogP contribution is 2.24. The van der Waals surface area contributed by atoms with Gasteiger partial charge in [0.2, 0.25) is 0 Å². The van der Waals surface area contributed by atoms with Crippen molar-refractivity contribution in [2.24, 2.45) is 0 Å². The first-order valence-electron chi connectivity index (χ1n) is 5.33. The second-order valence-corrected chi connectivity index (χ2v) is 3.85. The Morgan fingerprint density at radius 1 is 1.50 bits per heavy atom. The maximum absolute atomic E-state index is 13.2. The zero-order chi connectivity index (χ0) is 9.97. The smallest absolute Gasteiger partial charge is 0.126 e.